The first-order valence-corrected chi connectivity index (χ1v) is 15.9. The van der Waals surface area contributed by atoms with Crippen molar-refractivity contribution in [3.63, 3.8) is 0 Å². The van der Waals surface area contributed by atoms with Crippen LogP contribution in [0.3, 0.4) is 0 Å². The normalized spacial score (nSPS) is 28.7. The average Bonchev–Trinajstić information content (AvgIpc) is 3.02. The van der Waals surface area contributed by atoms with Crippen molar-refractivity contribution in [3.05, 3.63) is 35.9 Å². The van der Waals surface area contributed by atoms with Gasteiger partial charge in [-0.05, 0) is 5.56 Å². The van der Waals surface area contributed by atoms with E-state index in [1.165, 1.54) is 6.92 Å². The summed E-state index contributed by atoms with van der Waals surface area (Å²) >= 11 is 0. The van der Waals surface area contributed by atoms with Crippen LogP contribution in [0.2, 0.25) is 0 Å². The minimum absolute atomic E-state index is 0.0358. The minimum atomic E-state index is -1.76. The smallest absolute Gasteiger partial charge is 0.303 e. The molecule has 18 heteroatoms. The first kappa shape index (κ1) is 40.8. The second kappa shape index (κ2) is 19.1. The van der Waals surface area contributed by atoms with Gasteiger partial charge in [-0.3, -0.25) is 33.6 Å². The van der Waals surface area contributed by atoms with Gasteiger partial charge in [-0.2, -0.15) is 0 Å². The number of rotatable bonds is 14. The Hall–Kier alpha value is -4.65. The lowest BCUT2D eigenvalue weighted by molar-refractivity contribution is -0.348. The molecule has 0 aliphatic carbocycles. The highest BCUT2D eigenvalue weighted by Gasteiger charge is 2.57. The third kappa shape index (κ3) is 12.6. The molecule has 2 fully saturated rings. The summed E-state index contributed by atoms with van der Waals surface area (Å²) in [6, 6.07) is 7.62. The lowest BCUT2D eigenvalue weighted by Crippen LogP contribution is -2.69. The Morgan fingerprint density at radius 3 is 1.49 bits per heavy atom. The lowest BCUT2D eigenvalue weighted by Gasteiger charge is -2.49. The molecule has 2 aliphatic heterocycles. The summed E-state index contributed by atoms with van der Waals surface area (Å²) in [6.45, 7) is 6.68. The molecule has 282 valence electrons. The van der Waals surface area contributed by atoms with Crippen molar-refractivity contribution < 1.29 is 80.9 Å². The number of carbonyl (C=O) groups excluding carboxylic acids is 7. The van der Waals surface area contributed by atoms with Crippen LogP contribution in [0.25, 0.3) is 0 Å². The van der Waals surface area contributed by atoms with Crippen molar-refractivity contribution in [2.75, 3.05) is 13.2 Å². The number of benzene rings is 1. The van der Waals surface area contributed by atoms with Crippen LogP contribution in [-0.2, 0) is 87.5 Å². The molecule has 0 bridgehead atoms. The maximum atomic E-state index is 12.6. The third-order valence-corrected chi connectivity index (χ3v) is 7.27. The highest BCUT2D eigenvalue weighted by Crippen LogP contribution is 2.35. The van der Waals surface area contributed by atoms with E-state index < -0.39 is 116 Å². The van der Waals surface area contributed by atoms with Gasteiger partial charge in [0.2, 0.25) is 5.91 Å². The van der Waals surface area contributed by atoms with Gasteiger partial charge in [0.1, 0.15) is 37.6 Å². The van der Waals surface area contributed by atoms with E-state index >= 15 is 0 Å². The van der Waals surface area contributed by atoms with Gasteiger partial charge < -0.3 is 52.7 Å². The van der Waals surface area contributed by atoms with E-state index in [1.807, 2.05) is 0 Å². The molecule has 51 heavy (non-hydrogen) atoms. The Labute approximate surface area is 293 Å². The highest BCUT2D eigenvalue weighted by molar-refractivity contribution is 5.73. The van der Waals surface area contributed by atoms with Crippen LogP contribution >= 0.6 is 0 Å². The average molecular weight is 726 g/mol. The largest absolute Gasteiger partial charge is 0.463 e. The van der Waals surface area contributed by atoms with Crippen LogP contribution < -0.4 is 5.32 Å². The zero-order valence-corrected chi connectivity index (χ0v) is 29.2. The van der Waals surface area contributed by atoms with E-state index in [2.05, 4.69) is 5.32 Å². The Balaban J connectivity index is 2.17. The number of hydrogen-bond acceptors (Lipinski definition) is 17. The molecule has 0 spiro atoms. The van der Waals surface area contributed by atoms with E-state index in [4.69, 9.17) is 47.4 Å². The fourth-order valence-electron chi connectivity index (χ4n) is 5.47. The van der Waals surface area contributed by atoms with E-state index in [-0.39, 0.29) is 6.61 Å². The van der Waals surface area contributed by atoms with Crippen molar-refractivity contribution in [2.45, 2.75) is 116 Å². The maximum Gasteiger partial charge on any atom is 0.303 e. The van der Waals surface area contributed by atoms with Crippen molar-refractivity contribution >= 4 is 41.7 Å². The van der Waals surface area contributed by atoms with Gasteiger partial charge in [-0.15, -0.1) is 0 Å². The number of nitrogens with one attached hydrogen (secondary N) is 1. The van der Waals surface area contributed by atoms with Crippen LogP contribution in [0.5, 0.6) is 0 Å². The standard InChI is InChI=1S/C33H43NO17/c1-16(35)34-26-29(27(45-19(4)38)24(14-42-17(2)36)49-32(26)44-13-23-11-9-8-10-12-23)51-33-31(48-22(7)41)30(47-21(6)40)28(46-20(5)39)25(50-33)15-43-18(3)37/h8-12,24-33H,13-15H2,1-7H3,(H,34,35)/t24-,25-,26-,27+,28+,29-,30+,31-,32+,33-/m1/s1. The predicted molar refractivity (Wildman–Crippen MR) is 167 cm³/mol. The molecular weight excluding hydrogens is 682 g/mol. The fraction of sp³-hybridized carbons (Fsp3) is 0.606. The maximum absolute atomic E-state index is 12.6. The van der Waals surface area contributed by atoms with Gasteiger partial charge in [0.15, 0.2) is 37.0 Å². The summed E-state index contributed by atoms with van der Waals surface area (Å²) in [6.07, 6.45) is -13.5. The van der Waals surface area contributed by atoms with Gasteiger partial charge >= 0.3 is 35.8 Å². The molecular formula is C33H43NO17. The van der Waals surface area contributed by atoms with Crippen LogP contribution in [0.1, 0.15) is 54.0 Å². The first-order valence-electron chi connectivity index (χ1n) is 15.9. The van der Waals surface area contributed by atoms with E-state index in [0.29, 0.717) is 0 Å². The van der Waals surface area contributed by atoms with Crippen molar-refractivity contribution in [1.29, 1.82) is 0 Å². The van der Waals surface area contributed by atoms with Crippen molar-refractivity contribution in [3.8, 4) is 0 Å². The quantitative estimate of drug-likeness (QED) is 0.202. The molecule has 18 nitrogen and oxygen atoms in total. The van der Waals surface area contributed by atoms with Crippen LogP contribution in [0.15, 0.2) is 30.3 Å². The summed E-state index contributed by atoms with van der Waals surface area (Å²) in [4.78, 5) is 85.7. The third-order valence-electron chi connectivity index (χ3n) is 7.27. The van der Waals surface area contributed by atoms with Gasteiger partial charge in [0.25, 0.3) is 0 Å². The topological polar surface area (TPSA) is 224 Å². The fourth-order valence-corrected chi connectivity index (χ4v) is 5.47. The molecule has 0 unspecified atom stereocenters. The van der Waals surface area contributed by atoms with Gasteiger partial charge in [0, 0.05) is 48.5 Å². The molecule has 0 saturated carbocycles. The zero-order valence-electron chi connectivity index (χ0n) is 29.2. The molecule has 0 aromatic heterocycles. The zero-order chi connectivity index (χ0) is 37.8. The number of hydrogen-bond donors (Lipinski definition) is 1. The monoisotopic (exact) mass is 725 g/mol. The van der Waals surface area contributed by atoms with Gasteiger partial charge in [-0.1, -0.05) is 30.3 Å². The Morgan fingerprint density at radius 2 is 1.02 bits per heavy atom. The summed E-state index contributed by atoms with van der Waals surface area (Å²) in [5.41, 5.74) is 0.721. The Kier molecular flexibility index (Phi) is 15.3. The minimum Gasteiger partial charge on any atom is -0.463 e. The van der Waals surface area contributed by atoms with Crippen LogP contribution in [-0.4, -0.2) is 116 Å². The molecule has 10 atom stereocenters. The molecule has 2 aliphatic rings. The van der Waals surface area contributed by atoms with E-state index in [9.17, 15) is 33.6 Å². The van der Waals surface area contributed by atoms with Crippen molar-refractivity contribution in [2.24, 2.45) is 0 Å². The van der Waals surface area contributed by atoms with E-state index in [1.54, 1.807) is 30.3 Å². The number of esters is 6. The molecule has 1 amide bonds. The molecule has 0 radical (unpaired) electrons. The summed E-state index contributed by atoms with van der Waals surface area (Å²) in [7, 11) is 0. The molecule has 1 aromatic rings. The van der Waals surface area contributed by atoms with Gasteiger partial charge in [-0.25, -0.2) is 0 Å². The molecule has 1 aromatic carbocycles. The summed E-state index contributed by atoms with van der Waals surface area (Å²) < 4.78 is 57.2. The Bertz CT molecular complexity index is 1400. The second-order valence-electron chi connectivity index (χ2n) is 11.6. The number of carbonyl (C=O) groups is 7. The van der Waals surface area contributed by atoms with Crippen LogP contribution in [0.4, 0.5) is 0 Å². The van der Waals surface area contributed by atoms with Crippen molar-refractivity contribution in [1.82, 2.24) is 5.32 Å². The molecule has 1 N–H and O–H groups in total. The molecule has 2 heterocycles. The van der Waals surface area contributed by atoms with E-state index in [0.717, 1.165) is 47.1 Å². The molecule has 3 rings (SSSR count). The first-order chi connectivity index (χ1) is 24.0. The lowest BCUT2D eigenvalue weighted by atomic mass is 9.94. The van der Waals surface area contributed by atoms with Gasteiger partial charge in [0.05, 0.1) is 6.61 Å². The summed E-state index contributed by atoms with van der Waals surface area (Å²) in [5.74, 6) is -5.45. The second-order valence-corrected chi connectivity index (χ2v) is 11.6. The van der Waals surface area contributed by atoms with Crippen LogP contribution in [0, 0.1) is 0 Å². The molecule has 2 saturated heterocycles. The SMILES string of the molecule is CC(=O)N[C@H]1[C@@H](OCc2ccccc2)O[C@H](COC(C)=O)[C@H](OC(C)=O)[C@@H]1O[C@H]1O[C@H](COC(C)=O)[C@H](OC(C)=O)[C@H](OC(C)=O)[C@H]1OC(C)=O. The number of ether oxygens (including phenoxy) is 10. The number of amides is 1. The predicted octanol–water partition coefficient (Wildman–Crippen LogP) is 0.396. The Morgan fingerprint density at radius 1 is 0.569 bits per heavy atom. The highest BCUT2D eigenvalue weighted by atomic mass is 16.8. The summed E-state index contributed by atoms with van der Waals surface area (Å²) in [5, 5.41) is 2.68.